The van der Waals surface area contributed by atoms with E-state index in [9.17, 15) is 0 Å². The number of benzene rings is 1. The van der Waals surface area contributed by atoms with Gasteiger partial charge in [0.25, 0.3) is 0 Å². The molecular weight excluding hydrogens is 196 g/mol. The second-order valence-corrected chi connectivity index (χ2v) is 4.86. The Balaban J connectivity index is 2.14. The molecule has 2 heteroatoms. The zero-order valence-corrected chi connectivity index (χ0v) is 10.1. The standard InChI is InChI=1S/C14H20N2/c1-10(2)16-14(15)13-8-7-11-5-3-4-6-12(11)9-13/h3-6,10,13H,7-9H2,1-2H3,(H2,15,16). The molecule has 16 heavy (non-hydrogen) atoms. The van der Waals surface area contributed by atoms with Crippen LogP contribution in [-0.4, -0.2) is 11.9 Å². The Bertz CT molecular complexity index is 393. The van der Waals surface area contributed by atoms with Gasteiger partial charge in [0.15, 0.2) is 0 Å². The second-order valence-electron chi connectivity index (χ2n) is 4.86. The maximum atomic E-state index is 6.06. The number of hydrogen-bond donors (Lipinski definition) is 1. The van der Waals surface area contributed by atoms with E-state index in [1.165, 1.54) is 11.1 Å². The van der Waals surface area contributed by atoms with E-state index in [-0.39, 0.29) is 0 Å². The van der Waals surface area contributed by atoms with E-state index >= 15 is 0 Å². The molecule has 2 rings (SSSR count). The Morgan fingerprint density at radius 3 is 2.69 bits per heavy atom. The first-order valence-electron chi connectivity index (χ1n) is 6.06. The highest BCUT2D eigenvalue weighted by atomic mass is 14.9. The first-order valence-corrected chi connectivity index (χ1v) is 6.06. The Labute approximate surface area is 97.6 Å². The number of rotatable bonds is 2. The van der Waals surface area contributed by atoms with Crippen molar-refractivity contribution in [3.63, 3.8) is 0 Å². The van der Waals surface area contributed by atoms with E-state index in [2.05, 4.69) is 43.1 Å². The van der Waals surface area contributed by atoms with E-state index in [1.807, 2.05) is 0 Å². The fourth-order valence-corrected chi connectivity index (χ4v) is 2.35. The topological polar surface area (TPSA) is 38.4 Å². The van der Waals surface area contributed by atoms with Gasteiger partial charge in [-0.15, -0.1) is 0 Å². The molecule has 0 aliphatic heterocycles. The SMILES string of the molecule is CC(C)N=C(N)C1CCc2ccccc2C1. The van der Waals surface area contributed by atoms with Crippen molar-refractivity contribution in [3.05, 3.63) is 35.4 Å². The molecule has 1 unspecified atom stereocenters. The van der Waals surface area contributed by atoms with Crippen LogP contribution in [0.1, 0.15) is 31.4 Å². The van der Waals surface area contributed by atoms with Crippen LogP contribution in [0.2, 0.25) is 0 Å². The Hall–Kier alpha value is -1.31. The number of fused-ring (bicyclic) bond motifs is 1. The highest BCUT2D eigenvalue weighted by Gasteiger charge is 2.21. The molecule has 1 aliphatic carbocycles. The number of aliphatic imine (C=N–C) groups is 1. The van der Waals surface area contributed by atoms with Crippen LogP contribution in [0.25, 0.3) is 0 Å². The van der Waals surface area contributed by atoms with Gasteiger partial charge in [0.05, 0.1) is 5.84 Å². The summed E-state index contributed by atoms with van der Waals surface area (Å²) < 4.78 is 0. The number of amidine groups is 1. The third-order valence-corrected chi connectivity index (χ3v) is 3.17. The van der Waals surface area contributed by atoms with Gasteiger partial charge >= 0.3 is 0 Å². The Kier molecular flexibility index (Phi) is 3.28. The van der Waals surface area contributed by atoms with Crippen molar-refractivity contribution in [3.8, 4) is 0 Å². The Morgan fingerprint density at radius 1 is 1.31 bits per heavy atom. The summed E-state index contributed by atoms with van der Waals surface area (Å²) in [7, 11) is 0. The molecule has 0 radical (unpaired) electrons. The van der Waals surface area contributed by atoms with Crippen LogP contribution in [0.5, 0.6) is 0 Å². The molecule has 1 aromatic rings. The first kappa shape index (κ1) is 11.2. The lowest BCUT2D eigenvalue weighted by molar-refractivity contribution is 0.574. The molecule has 0 fully saturated rings. The summed E-state index contributed by atoms with van der Waals surface area (Å²) in [5.41, 5.74) is 8.98. The second kappa shape index (κ2) is 4.69. The molecule has 0 saturated heterocycles. The molecule has 1 aliphatic rings. The van der Waals surface area contributed by atoms with Crippen LogP contribution in [-0.2, 0) is 12.8 Å². The lowest BCUT2D eigenvalue weighted by Crippen LogP contribution is -2.30. The maximum absolute atomic E-state index is 6.06. The van der Waals surface area contributed by atoms with E-state index in [0.29, 0.717) is 12.0 Å². The van der Waals surface area contributed by atoms with Gasteiger partial charge in [-0.3, -0.25) is 4.99 Å². The van der Waals surface area contributed by atoms with Crippen molar-refractivity contribution in [2.45, 2.75) is 39.2 Å². The zero-order chi connectivity index (χ0) is 11.5. The molecule has 1 atom stereocenters. The van der Waals surface area contributed by atoms with Gasteiger partial charge in [0, 0.05) is 12.0 Å². The van der Waals surface area contributed by atoms with Crippen molar-refractivity contribution >= 4 is 5.84 Å². The summed E-state index contributed by atoms with van der Waals surface area (Å²) in [6, 6.07) is 8.96. The Morgan fingerprint density at radius 2 is 2.00 bits per heavy atom. The average molecular weight is 216 g/mol. The van der Waals surface area contributed by atoms with E-state index < -0.39 is 0 Å². The fraction of sp³-hybridized carbons (Fsp3) is 0.500. The average Bonchev–Trinajstić information content (AvgIpc) is 2.27. The summed E-state index contributed by atoms with van der Waals surface area (Å²) in [5.74, 6) is 1.28. The van der Waals surface area contributed by atoms with Gasteiger partial charge in [-0.05, 0) is 44.2 Å². The molecule has 0 amide bonds. The van der Waals surface area contributed by atoms with Gasteiger partial charge in [0.2, 0.25) is 0 Å². The molecule has 1 aromatic carbocycles. The van der Waals surface area contributed by atoms with E-state index in [4.69, 9.17) is 5.73 Å². The van der Waals surface area contributed by atoms with Crippen molar-refractivity contribution in [2.75, 3.05) is 0 Å². The minimum absolute atomic E-state index is 0.303. The van der Waals surface area contributed by atoms with Crippen molar-refractivity contribution in [1.29, 1.82) is 0 Å². The molecule has 2 nitrogen and oxygen atoms in total. The van der Waals surface area contributed by atoms with Gasteiger partial charge < -0.3 is 5.73 Å². The molecule has 2 N–H and O–H groups in total. The van der Waals surface area contributed by atoms with Gasteiger partial charge in [-0.25, -0.2) is 0 Å². The van der Waals surface area contributed by atoms with Crippen LogP contribution >= 0.6 is 0 Å². The molecule has 0 bridgehead atoms. The third-order valence-electron chi connectivity index (χ3n) is 3.17. The maximum Gasteiger partial charge on any atom is 0.0975 e. The summed E-state index contributed by atoms with van der Waals surface area (Å²) >= 11 is 0. The molecule has 0 heterocycles. The molecule has 0 aromatic heterocycles. The van der Waals surface area contributed by atoms with Crippen LogP contribution in [0.15, 0.2) is 29.3 Å². The minimum Gasteiger partial charge on any atom is -0.387 e. The monoisotopic (exact) mass is 216 g/mol. The molecule has 0 saturated carbocycles. The molecular formula is C14H20N2. The lowest BCUT2D eigenvalue weighted by atomic mass is 9.83. The summed E-state index contributed by atoms with van der Waals surface area (Å²) in [5, 5.41) is 0. The van der Waals surface area contributed by atoms with Gasteiger partial charge in [-0.1, -0.05) is 24.3 Å². The van der Waals surface area contributed by atoms with Crippen LogP contribution in [0, 0.1) is 5.92 Å². The number of nitrogens with zero attached hydrogens (tertiary/aromatic N) is 1. The fourth-order valence-electron chi connectivity index (χ4n) is 2.35. The van der Waals surface area contributed by atoms with Crippen molar-refractivity contribution in [2.24, 2.45) is 16.6 Å². The minimum atomic E-state index is 0.303. The number of nitrogens with two attached hydrogens (primary N) is 1. The smallest absolute Gasteiger partial charge is 0.0975 e. The van der Waals surface area contributed by atoms with Crippen molar-refractivity contribution in [1.82, 2.24) is 0 Å². The first-order chi connectivity index (χ1) is 7.66. The predicted molar refractivity (Wildman–Crippen MR) is 68.7 cm³/mol. The van der Waals surface area contributed by atoms with Crippen LogP contribution in [0.3, 0.4) is 0 Å². The molecule has 86 valence electrons. The van der Waals surface area contributed by atoms with Gasteiger partial charge in [-0.2, -0.15) is 0 Å². The highest BCUT2D eigenvalue weighted by Crippen LogP contribution is 2.25. The summed E-state index contributed by atoms with van der Waals surface area (Å²) in [4.78, 5) is 4.47. The van der Waals surface area contributed by atoms with Crippen molar-refractivity contribution < 1.29 is 0 Å². The number of hydrogen-bond acceptors (Lipinski definition) is 1. The van der Waals surface area contributed by atoms with E-state index in [0.717, 1.165) is 25.1 Å². The summed E-state index contributed by atoms with van der Waals surface area (Å²) in [6.45, 7) is 4.15. The third kappa shape index (κ3) is 2.43. The zero-order valence-electron chi connectivity index (χ0n) is 10.1. The van der Waals surface area contributed by atoms with E-state index in [1.54, 1.807) is 0 Å². The van der Waals surface area contributed by atoms with Gasteiger partial charge in [0.1, 0.15) is 0 Å². The predicted octanol–water partition coefficient (Wildman–Crippen LogP) is 2.56. The summed E-state index contributed by atoms with van der Waals surface area (Å²) in [6.07, 6.45) is 3.33. The largest absolute Gasteiger partial charge is 0.387 e. The lowest BCUT2D eigenvalue weighted by Gasteiger charge is -2.24. The van der Waals surface area contributed by atoms with Crippen LogP contribution in [0.4, 0.5) is 0 Å². The normalized spacial score (nSPS) is 20.9. The quantitative estimate of drug-likeness (QED) is 0.599. The molecule has 0 spiro atoms. The van der Waals surface area contributed by atoms with Crippen LogP contribution < -0.4 is 5.73 Å². The number of aryl methyl sites for hydroxylation is 1. The highest BCUT2D eigenvalue weighted by molar-refractivity contribution is 5.83.